The van der Waals surface area contributed by atoms with E-state index in [-0.39, 0.29) is 0 Å². The van der Waals surface area contributed by atoms with E-state index in [4.69, 9.17) is 10.3 Å². The largest absolute Gasteiger partial charge is 0.339 e. The molecule has 0 aliphatic rings. The highest BCUT2D eigenvalue weighted by molar-refractivity contribution is 4.88. The lowest BCUT2D eigenvalue weighted by Crippen LogP contribution is -2.25. The highest BCUT2D eigenvalue weighted by Gasteiger charge is 2.11. The van der Waals surface area contributed by atoms with E-state index in [2.05, 4.69) is 35.8 Å². The molecule has 0 bridgehead atoms. The van der Waals surface area contributed by atoms with Gasteiger partial charge in [0.05, 0.1) is 0 Å². The molecule has 1 aromatic heterocycles. The topological polar surface area (TPSA) is 68.2 Å². The van der Waals surface area contributed by atoms with E-state index in [1.54, 1.807) is 0 Å². The van der Waals surface area contributed by atoms with Gasteiger partial charge in [0.2, 0.25) is 5.89 Å². The zero-order valence-corrected chi connectivity index (χ0v) is 13.3. The van der Waals surface area contributed by atoms with Crippen LogP contribution in [0.2, 0.25) is 0 Å². The van der Waals surface area contributed by atoms with Gasteiger partial charge in [0, 0.05) is 19.4 Å². The summed E-state index contributed by atoms with van der Waals surface area (Å²) >= 11 is 0. The summed E-state index contributed by atoms with van der Waals surface area (Å²) in [5.41, 5.74) is 5.62. The first-order valence-corrected chi connectivity index (χ1v) is 7.97. The Hall–Kier alpha value is -0.940. The number of aromatic nitrogens is 2. The molecule has 1 heterocycles. The third-order valence-corrected chi connectivity index (χ3v) is 3.97. The Balaban J connectivity index is 2.35. The first-order chi connectivity index (χ1) is 9.73. The third kappa shape index (κ3) is 6.01. The van der Waals surface area contributed by atoms with Crippen molar-refractivity contribution in [2.45, 2.75) is 52.9 Å². The molecule has 116 valence electrons. The number of nitrogens with two attached hydrogens (primary N) is 1. The molecule has 0 amide bonds. The third-order valence-electron chi connectivity index (χ3n) is 3.97. The van der Waals surface area contributed by atoms with Crippen LogP contribution in [-0.4, -0.2) is 41.2 Å². The average Bonchev–Trinajstić information content (AvgIpc) is 2.92. The second kappa shape index (κ2) is 9.88. The highest BCUT2D eigenvalue weighted by Crippen LogP contribution is 2.15. The van der Waals surface area contributed by atoms with Crippen LogP contribution >= 0.6 is 0 Å². The van der Waals surface area contributed by atoms with Crippen molar-refractivity contribution < 1.29 is 4.52 Å². The molecule has 0 aliphatic heterocycles. The molecule has 1 unspecified atom stereocenters. The fraction of sp³-hybridized carbons (Fsp3) is 0.867. The Bertz CT molecular complexity index is 349. The van der Waals surface area contributed by atoms with E-state index in [9.17, 15) is 0 Å². The van der Waals surface area contributed by atoms with Crippen molar-refractivity contribution in [2.75, 3.05) is 26.2 Å². The maximum absolute atomic E-state index is 5.62. The van der Waals surface area contributed by atoms with Gasteiger partial charge in [-0.1, -0.05) is 32.3 Å². The summed E-state index contributed by atoms with van der Waals surface area (Å²) in [7, 11) is 0. The smallest absolute Gasteiger partial charge is 0.226 e. The van der Waals surface area contributed by atoms with Crippen LogP contribution in [0.5, 0.6) is 0 Å². The van der Waals surface area contributed by atoms with Crippen LogP contribution in [0.3, 0.4) is 0 Å². The summed E-state index contributed by atoms with van der Waals surface area (Å²) in [5.74, 6) is 2.28. The van der Waals surface area contributed by atoms with Crippen LogP contribution in [0.25, 0.3) is 0 Å². The van der Waals surface area contributed by atoms with E-state index < -0.39 is 0 Å². The van der Waals surface area contributed by atoms with Gasteiger partial charge >= 0.3 is 0 Å². The van der Waals surface area contributed by atoms with Crippen LogP contribution in [-0.2, 0) is 12.8 Å². The lowest BCUT2D eigenvalue weighted by molar-refractivity contribution is 0.302. The SMILES string of the molecule is CCC(CCN)CCc1nc(CCN(CC)CC)no1. The Kier molecular flexibility index (Phi) is 8.46. The maximum Gasteiger partial charge on any atom is 0.226 e. The molecule has 20 heavy (non-hydrogen) atoms. The first kappa shape index (κ1) is 17.1. The van der Waals surface area contributed by atoms with Crippen molar-refractivity contribution in [2.24, 2.45) is 11.7 Å². The van der Waals surface area contributed by atoms with Crippen molar-refractivity contribution in [1.82, 2.24) is 15.0 Å². The Morgan fingerprint density at radius 1 is 1.15 bits per heavy atom. The lowest BCUT2D eigenvalue weighted by atomic mass is 9.97. The molecule has 5 nitrogen and oxygen atoms in total. The second-order valence-corrected chi connectivity index (χ2v) is 5.27. The van der Waals surface area contributed by atoms with E-state index in [1.807, 2.05) is 0 Å². The summed E-state index contributed by atoms with van der Waals surface area (Å²) < 4.78 is 5.33. The molecule has 0 fully saturated rings. The van der Waals surface area contributed by atoms with Gasteiger partial charge < -0.3 is 15.2 Å². The van der Waals surface area contributed by atoms with Gasteiger partial charge in [0.15, 0.2) is 5.82 Å². The molecule has 1 rings (SSSR count). The minimum atomic E-state index is 0.672. The summed E-state index contributed by atoms with van der Waals surface area (Å²) in [4.78, 5) is 6.85. The summed E-state index contributed by atoms with van der Waals surface area (Å²) in [6, 6.07) is 0. The van der Waals surface area contributed by atoms with Crippen molar-refractivity contribution in [1.29, 1.82) is 0 Å². The molecule has 0 aromatic carbocycles. The average molecular weight is 282 g/mol. The predicted octanol–water partition coefficient (Wildman–Crippen LogP) is 2.26. The fourth-order valence-electron chi connectivity index (χ4n) is 2.41. The number of likely N-dealkylation sites (N-methyl/N-ethyl adjacent to an activating group) is 1. The van der Waals surface area contributed by atoms with Gasteiger partial charge in [-0.15, -0.1) is 0 Å². The molecule has 0 spiro atoms. The van der Waals surface area contributed by atoms with Gasteiger partial charge in [0.25, 0.3) is 0 Å². The first-order valence-electron chi connectivity index (χ1n) is 7.97. The quantitative estimate of drug-likeness (QED) is 0.674. The monoisotopic (exact) mass is 282 g/mol. The minimum Gasteiger partial charge on any atom is -0.339 e. The van der Waals surface area contributed by atoms with Crippen molar-refractivity contribution in [3.05, 3.63) is 11.7 Å². The number of rotatable bonds is 11. The van der Waals surface area contributed by atoms with E-state index in [0.717, 1.165) is 63.6 Å². The minimum absolute atomic E-state index is 0.672. The standard InChI is InChI=1S/C15H30N4O/c1-4-13(9-11-16)7-8-15-17-14(18-20-15)10-12-19(5-2)6-3/h13H,4-12,16H2,1-3H3. The summed E-state index contributed by atoms with van der Waals surface area (Å²) in [5, 5.41) is 4.07. The molecular weight excluding hydrogens is 252 g/mol. The summed E-state index contributed by atoms with van der Waals surface area (Å²) in [6.07, 6.45) is 5.08. The van der Waals surface area contributed by atoms with Gasteiger partial charge in [-0.3, -0.25) is 0 Å². The van der Waals surface area contributed by atoms with Gasteiger partial charge in [0.1, 0.15) is 0 Å². The molecule has 1 atom stereocenters. The van der Waals surface area contributed by atoms with E-state index >= 15 is 0 Å². The zero-order valence-electron chi connectivity index (χ0n) is 13.3. The van der Waals surface area contributed by atoms with E-state index in [1.165, 1.54) is 6.42 Å². The van der Waals surface area contributed by atoms with Crippen LogP contribution in [0, 0.1) is 5.92 Å². The zero-order chi connectivity index (χ0) is 14.8. The number of hydrogen-bond acceptors (Lipinski definition) is 5. The molecule has 2 N–H and O–H groups in total. The van der Waals surface area contributed by atoms with Crippen LogP contribution < -0.4 is 5.73 Å². The van der Waals surface area contributed by atoms with Crippen LogP contribution in [0.4, 0.5) is 0 Å². The van der Waals surface area contributed by atoms with Gasteiger partial charge in [-0.2, -0.15) is 4.98 Å². The lowest BCUT2D eigenvalue weighted by Gasteiger charge is -2.16. The molecule has 0 radical (unpaired) electrons. The summed E-state index contributed by atoms with van der Waals surface area (Å²) in [6.45, 7) is 10.5. The Morgan fingerprint density at radius 3 is 2.50 bits per heavy atom. The molecule has 5 heteroatoms. The molecular formula is C15H30N4O. The predicted molar refractivity (Wildman–Crippen MR) is 81.6 cm³/mol. The van der Waals surface area contributed by atoms with Gasteiger partial charge in [-0.05, 0) is 38.4 Å². The van der Waals surface area contributed by atoms with Crippen LogP contribution in [0.1, 0.15) is 51.7 Å². The number of nitrogens with zero attached hydrogens (tertiary/aromatic N) is 3. The molecule has 0 saturated heterocycles. The maximum atomic E-state index is 5.62. The second-order valence-electron chi connectivity index (χ2n) is 5.27. The fourth-order valence-corrected chi connectivity index (χ4v) is 2.41. The Morgan fingerprint density at radius 2 is 1.90 bits per heavy atom. The van der Waals surface area contributed by atoms with Crippen molar-refractivity contribution >= 4 is 0 Å². The number of aryl methyl sites for hydroxylation is 1. The molecule has 1 aromatic rings. The van der Waals surface area contributed by atoms with Crippen molar-refractivity contribution in [3.63, 3.8) is 0 Å². The van der Waals surface area contributed by atoms with Gasteiger partial charge in [-0.25, -0.2) is 0 Å². The molecule has 0 saturated carbocycles. The Labute approximate surface area is 122 Å². The van der Waals surface area contributed by atoms with Crippen molar-refractivity contribution in [3.8, 4) is 0 Å². The van der Waals surface area contributed by atoms with E-state index in [0.29, 0.717) is 5.92 Å². The van der Waals surface area contributed by atoms with Crippen LogP contribution in [0.15, 0.2) is 4.52 Å². The number of hydrogen-bond donors (Lipinski definition) is 1. The molecule has 0 aliphatic carbocycles. The highest BCUT2D eigenvalue weighted by atomic mass is 16.5. The normalized spacial score (nSPS) is 13.1.